The van der Waals surface area contributed by atoms with Gasteiger partial charge in [-0.05, 0) is 30.9 Å². The van der Waals surface area contributed by atoms with E-state index in [1.807, 2.05) is 0 Å². The lowest BCUT2D eigenvalue weighted by atomic mass is 9.68. The topological polar surface area (TPSA) is 16.5 Å². The van der Waals surface area contributed by atoms with E-state index in [9.17, 15) is 0 Å². The molecule has 19 heavy (non-hydrogen) atoms. The van der Waals surface area contributed by atoms with Gasteiger partial charge in [-0.15, -0.1) is 0 Å². The molecule has 0 amide bonds. The molecule has 0 saturated carbocycles. The molecule has 2 heterocycles. The van der Waals surface area contributed by atoms with Crippen LogP contribution in [-0.2, 0) is 0 Å². The quantitative estimate of drug-likeness (QED) is 0.731. The van der Waals surface area contributed by atoms with Crippen LogP contribution in [0.15, 0.2) is 24.3 Å². The minimum Gasteiger partial charge on any atom is -0.379 e. The van der Waals surface area contributed by atoms with Crippen molar-refractivity contribution in [1.82, 2.24) is 0 Å². The van der Waals surface area contributed by atoms with Crippen LogP contribution in [0.3, 0.4) is 0 Å². The van der Waals surface area contributed by atoms with Gasteiger partial charge in [-0.3, -0.25) is 0 Å². The van der Waals surface area contributed by atoms with Crippen LogP contribution in [0.5, 0.6) is 0 Å². The Kier molecular flexibility index (Phi) is 3.09. The number of anilines is 1. The van der Waals surface area contributed by atoms with Crippen LogP contribution in [0.25, 0.3) is 0 Å². The van der Waals surface area contributed by atoms with Crippen molar-refractivity contribution >= 4 is 5.69 Å². The van der Waals surface area contributed by atoms with Crippen LogP contribution < -0.4 is 10.2 Å². The lowest BCUT2D eigenvalue weighted by Crippen LogP contribution is -3.15. The molecule has 1 saturated heterocycles. The Balaban J connectivity index is 1.95. The van der Waals surface area contributed by atoms with Gasteiger partial charge in [0.1, 0.15) is 0 Å². The summed E-state index contributed by atoms with van der Waals surface area (Å²) in [5.41, 5.74) is 3.19. The van der Waals surface area contributed by atoms with Gasteiger partial charge in [0, 0.05) is 18.0 Å². The third-order valence-electron chi connectivity index (χ3n) is 5.63. The second kappa shape index (κ2) is 4.52. The van der Waals surface area contributed by atoms with Gasteiger partial charge in [-0.1, -0.05) is 32.0 Å². The Morgan fingerprint density at radius 2 is 1.89 bits per heavy atom. The maximum absolute atomic E-state index is 3.93. The molecule has 0 aromatic heterocycles. The first-order valence-corrected chi connectivity index (χ1v) is 7.71. The summed E-state index contributed by atoms with van der Waals surface area (Å²) in [5, 5.41) is 3.93. The second-order valence-corrected chi connectivity index (χ2v) is 7.03. The van der Waals surface area contributed by atoms with Crippen LogP contribution in [0.1, 0.15) is 45.1 Å². The third kappa shape index (κ3) is 2.06. The van der Waals surface area contributed by atoms with E-state index in [0.29, 0.717) is 11.5 Å². The van der Waals surface area contributed by atoms with Crippen LogP contribution in [0.2, 0.25) is 0 Å². The SMILES string of the molecule is C[C@@H]1C[C@]2(C[C@H](C)[NH+](C)C[C@@H]2C)Nc2ccccc21. The van der Waals surface area contributed by atoms with Crippen molar-refractivity contribution in [3.05, 3.63) is 29.8 Å². The minimum atomic E-state index is 0.312. The summed E-state index contributed by atoms with van der Waals surface area (Å²) in [4.78, 5) is 1.69. The molecule has 2 N–H and O–H groups in total. The number of benzene rings is 1. The molecule has 1 spiro atoms. The molecular weight excluding hydrogens is 232 g/mol. The first-order chi connectivity index (χ1) is 9.02. The molecule has 1 aromatic carbocycles. The van der Waals surface area contributed by atoms with E-state index in [-0.39, 0.29) is 0 Å². The van der Waals surface area contributed by atoms with Crippen LogP contribution in [0.4, 0.5) is 5.69 Å². The predicted molar refractivity (Wildman–Crippen MR) is 80.8 cm³/mol. The Hall–Kier alpha value is -1.02. The third-order valence-corrected chi connectivity index (χ3v) is 5.63. The molecular formula is C17H27N2+. The summed E-state index contributed by atoms with van der Waals surface area (Å²) < 4.78 is 0. The van der Waals surface area contributed by atoms with E-state index in [1.54, 1.807) is 4.90 Å². The van der Waals surface area contributed by atoms with Gasteiger partial charge in [-0.25, -0.2) is 0 Å². The van der Waals surface area contributed by atoms with E-state index in [4.69, 9.17) is 0 Å². The van der Waals surface area contributed by atoms with Crippen LogP contribution >= 0.6 is 0 Å². The van der Waals surface area contributed by atoms with E-state index in [1.165, 1.54) is 30.6 Å². The first kappa shape index (κ1) is 13.0. The molecule has 2 heteroatoms. The lowest BCUT2D eigenvalue weighted by Gasteiger charge is -2.51. The molecule has 1 unspecified atom stereocenters. The van der Waals surface area contributed by atoms with Crippen molar-refractivity contribution in [1.29, 1.82) is 0 Å². The molecule has 2 nitrogen and oxygen atoms in total. The van der Waals surface area contributed by atoms with Gasteiger partial charge in [0.25, 0.3) is 0 Å². The fourth-order valence-electron chi connectivity index (χ4n) is 4.28. The van der Waals surface area contributed by atoms with Crippen molar-refractivity contribution in [3.8, 4) is 0 Å². The van der Waals surface area contributed by atoms with Gasteiger partial charge < -0.3 is 10.2 Å². The number of para-hydroxylation sites is 1. The van der Waals surface area contributed by atoms with E-state index >= 15 is 0 Å². The lowest BCUT2D eigenvalue weighted by molar-refractivity contribution is -0.914. The average molecular weight is 259 g/mol. The smallest absolute Gasteiger partial charge is 0.0866 e. The number of hydrogen-bond donors (Lipinski definition) is 2. The van der Waals surface area contributed by atoms with Gasteiger partial charge in [0.2, 0.25) is 0 Å². The molecule has 1 fully saturated rings. The Bertz CT molecular complexity index is 470. The molecule has 104 valence electrons. The van der Waals surface area contributed by atoms with E-state index in [0.717, 1.165) is 12.0 Å². The minimum absolute atomic E-state index is 0.312. The van der Waals surface area contributed by atoms with Crippen molar-refractivity contribution in [3.63, 3.8) is 0 Å². The number of nitrogens with one attached hydrogen (secondary N) is 2. The number of likely N-dealkylation sites (tertiary alicyclic amines) is 1. The summed E-state index contributed by atoms with van der Waals surface area (Å²) in [5.74, 6) is 1.41. The zero-order chi connectivity index (χ0) is 13.6. The molecule has 1 aromatic rings. The van der Waals surface area contributed by atoms with Gasteiger partial charge in [0.15, 0.2) is 0 Å². The number of hydrogen-bond acceptors (Lipinski definition) is 1. The molecule has 0 bridgehead atoms. The maximum Gasteiger partial charge on any atom is 0.0866 e. The van der Waals surface area contributed by atoms with Gasteiger partial charge in [-0.2, -0.15) is 0 Å². The first-order valence-electron chi connectivity index (χ1n) is 7.71. The largest absolute Gasteiger partial charge is 0.379 e. The van der Waals surface area contributed by atoms with Crippen LogP contribution in [0, 0.1) is 5.92 Å². The fraction of sp³-hybridized carbons (Fsp3) is 0.647. The summed E-state index contributed by atoms with van der Waals surface area (Å²) in [7, 11) is 2.34. The Morgan fingerprint density at radius 1 is 1.16 bits per heavy atom. The van der Waals surface area contributed by atoms with Crippen molar-refractivity contribution in [2.45, 2.75) is 51.1 Å². The zero-order valence-electron chi connectivity index (χ0n) is 12.7. The number of piperidine rings is 1. The highest BCUT2D eigenvalue weighted by molar-refractivity contribution is 5.57. The van der Waals surface area contributed by atoms with Crippen LogP contribution in [-0.4, -0.2) is 25.2 Å². The van der Waals surface area contributed by atoms with E-state index in [2.05, 4.69) is 57.4 Å². The highest BCUT2D eigenvalue weighted by atomic mass is 15.2. The summed E-state index contributed by atoms with van der Waals surface area (Å²) in [6, 6.07) is 9.62. The van der Waals surface area contributed by atoms with Crippen molar-refractivity contribution in [2.24, 2.45) is 5.92 Å². The highest BCUT2D eigenvalue weighted by Crippen LogP contribution is 2.44. The average Bonchev–Trinajstić information content (AvgIpc) is 2.37. The van der Waals surface area contributed by atoms with Crippen molar-refractivity contribution < 1.29 is 4.90 Å². The Labute approximate surface area is 117 Å². The van der Waals surface area contributed by atoms with Crippen molar-refractivity contribution in [2.75, 3.05) is 18.9 Å². The fourth-order valence-corrected chi connectivity index (χ4v) is 4.28. The maximum atomic E-state index is 3.93. The van der Waals surface area contributed by atoms with E-state index < -0.39 is 0 Å². The summed E-state index contributed by atoms with van der Waals surface area (Å²) in [6.45, 7) is 8.51. The van der Waals surface area contributed by atoms with Gasteiger partial charge in [0.05, 0.1) is 25.2 Å². The molecule has 2 aliphatic heterocycles. The molecule has 2 aliphatic rings. The normalized spacial score (nSPS) is 41.7. The Morgan fingerprint density at radius 3 is 2.68 bits per heavy atom. The summed E-state index contributed by atoms with van der Waals surface area (Å²) >= 11 is 0. The molecule has 5 atom stereocenters. The standard InChI is InChI=1S/C17H26N2/c1-12-9-17(10-14(3)19(4)11-13(17)2)18-16-8-6-5-7-15(12)16/h5-8,12-14,18H,9-11H2,1-4H3/p+1/t12-,13+,14+,17-/m1/s1. The summed E-state index contributed by atoms with van der Waals surface area (Å²) in [6.07, 6.45) is 2.57. The van der Waals surface area contributed by atoms with Gasteiger partial charge >= 0.3 is 0 Å². The monoisotopic (exact) mass is 259 g/mol. The predicted octanol–water partition coefficient (Wildman–Crippen LogP) is 2.29. The second-order valence-electron chi connectivity index (χ2n) is 7.03. The molecule has 0 aliphatic carbocycles. The zero-order valence-corrected chi connectivity index (χ0v) is 12.7. The molecule has 3 rings (SSSR count). The number of rotatable bonds is 0. The number of quaternary nitrogens is 1. The highest BCUT2D eigenvalue weighted by Gasteiger charge is 2.47. The number of fused-ring (bicyclic) bond motifs is 1. The molecule has 0 radical (unpaired) electrons.